The highest BCUT2D eigenvalue weighted by Crippen LogP contribution is 2.55. The maximum absolute atomic E-state index is 2.56. The highest BCUT2D eigenvalue weighted by molar-refractivity contribution is 8.02. The number of allylic oxidation sites excluding steroid dienone is 8. The lowest BCUT2D eigenvalue weighted by Crippen LogP contribution is -2.37. The van der Waals surface area contributed by atoms with Gasteiger partial charge in [-0.25, -0.2) is 0 Å². The molecule has 4 aliphatic carbocycles. The van der Waals surface area contributed by atoms with E-state index in [4.69, 9.17) is 0 Å². The van der Waals surface area contributed by atoms with Crippen LogP contribution >= 0.6 is 11.8 Å². The van der Waals surface area contributed by atoms with Gasteiger partial charge in [-0.3, -0.25) is 0 Å². The molecule has 1 heteroatoms. The molecule has 0 fully saturated rings. The van der Waals surface area contributed by atoms with Crippen LogP contribution in [-0.2, 0) is 0 Å². The molecule has 0 bridgehead atoms. The zero-order valence-corrected chi connectivity index (χ0v) is 16.1. The molecule has 0 radical (unpaired) electrons. The summed E-state index contributed by atoms with van der Waals surface area (Å²) in [6, 6.07) is 0. The van der Waals surface area contributed by atoms with Gasteiger partial charge in [0.1, 0.15) is 0 Å². The molecule has 2 unspecified atom stereocenters. The maximum Gasteiger partial charge on any atom is 0.0597 e. The molecule has 0 heterocycles. The van der Waals surface area contributed by atoms with E-state index in [9.17, 15) is 0 Å². The lowest BCUT2D eigenvalue weighted by Gasteiger charge is -2.45. The second-order valence-electron chi connectivity index (χ2n) is 7.81. The van der Waals surface area contributed by atoms with Crippen LogP contribution in [0.15, 0.2) is 71.9 Å². The minimum absolute atomic E-state index is 0.156. The minimum Gasteiger partial charge on any atom is -0.130 e. The normalized spacial score (nSPS) is 34.7. The van der Waals surface area contributed by atoms with E-state index in [1.165, 1.54) is 51.4 Å². The fourth-order valence-corrected chi connectivity index (χ4v) is 6.67. The van der Waals surface area contributed by atoms with Crippen LogP contribution in [0.25, 0.3) is 0 Å². The molecule has 132 valence electrons. The van der Waals surface area contributed by atoms with Crippen molar-refractivity contribution >= 4 is 11.8 Å². The van der Waals surface area contributed by atoms with Gasteiger partial charge >= 0.3 is 0 Å². The molecule has 0 saturated heterocycles. The molecular formula is C24H30S. The topological polar surface area (TPSA) is 0 Å². The predicted molar refractivity (Wildman–Crippen MR) is 112 cm³/mol. The van der Waals surface area contributed by atoms with Crippen molar-refractivity contribution in [2.75, 3.05) is 0 Å². The summed E-state index contributed by atoms with van der Waals surface area (Å²) in [5, 5.41) is 0. The molecule has 0 aromatic heterocycles. The van der Waals surface area contributed by atoms with Crippen LogP contribution in [0.1, 0.15) is 64.2 Å². The van der Waals surface area contributed by atoms with E-state index in [2.05, 4.69) is 72.5 Å². The third-order valence-corrected chi connectivity index (χ3v) is 7.96. The summed E-state index contributed by atoms with van der Waals surface area (Å²) >= 11 is 2.24. The number of hydrogen-bond acceptors (Lipinski definition) is 1. The molecule has 0 spiro atoms. The van der Waals surface area contributed by atoms with Crippen LogP contribution < -0.4 is 0 Å². The summed E-state index contributed by atoms with van der Waals surface area (Å²) < 4.78 is 0.311. The van der Waals surface area contributed by atoms with Gasteiger partial charge < -0.3 is 0 Å². The Hall–Kier alpha value is -1.21. The largest absolute Gasteiger partial charge is 0.130 e. The first kappa shape index (κ1) is 17.2. The lowest BCUT2D eigenvalue weighted by molar-refractivity contribution is 0.626. The van der Waals surface area contributed by atoms with Gasteiger partial charge in [-0.15, -0.1) is 11.8 Å². The summed E-state index contributed by atoms with van der Waals surface area (Å²) in [5.41, 5.74) is 3.37. The summed E-state index contributed by atoms with van der Waals surface area (Å²) in [7, 11) is 0. The second-order valence-corrected chi connectivity index (χ2v) is 9.48. The van der Waals surface area contributed by atoms with E-state index in [0.717, 1.165) is 12.8 Å². The minimum atomic E-state index is 0.156. The number of thioether (sulfide) groups is 1. The quantitative estimate of drug-likeness (QED) is 0.482. The average molecular weight is 351 g/mol. The number of hydrogen-bond donors (Lipinski definition) is 0. The van der Waals surface area contributed by atoms with Crippen LogP contribution in [0, 0.1) is 0 Å². The smallest absolute Gasteiger partial charge is 0.0597 e. The van der Waals surface area contributed by atoms with Crippen molar-refractivity contribution in [3.63, 3.8) is 0 Å². The Labute approximate surface area is 157 Å². The zero-order chi connectivity index (χ0) is 17.0. The third kappa shape index (κ3) is 3.53. The molecule has 25 heavy (non-hydrogen) atoms. The van der Waals surface area contributed by atoms with Gasteiger partial charge in [0, 0.05) is 0 Å². The molecule has 0 nitrogen and oxygen atoms in total. The van der Waals surface area contributed by atoms with Crippen molar-refractivity contribution in [2.45, 2.75) is 73.7 Å². The molecular weight excluding hydrogens is 320 g/mol. The van der Waals surface area contributed by atoms with E-state index < -0.39 is 0 Å². The Balaban J connectivity index is 1.71. The third-order valence-electron chi connectivity index (χ3n) is 6.10. The van der Waals surface area contributed by atoms with E-state index >= 15 is 0 Å². The van der Waals surface area contributed by atoms with Crippen molar-refractivity contribution in [1.29, 1.82) is 0 Å². The van der Waals surface area contributed by atoms with Gasteiger partial charge in [0.25, 0.3) is 0 Å². The standard InChI is InChI=1S/C24H30S/c1-5-13-21(14-6-1)23(17-9-3-10-18-23)25-24(19-11-4-12-20-24)22-15-7-2-8-16-22/h3-4,9-13,15,17,19H,1-2,5-8,14,16,18,20H2. The van der Waals surface area contributed by atoms with Crippen molar-refractivity contribution in [1.82, 2.24) is 0 Å². The highest BCUT2D eigenvalue weighted by Gasteiger charge is 2.43. The SMILES string of the molecule is C1=CCC(SC2(C3=CCCCC3)C=CC=CC2)(C2=CCCCC2)C=C1. The Morgan fingerprint density at radius 3 is 1.52 bits per heavy atom. The number of rotatable bonds is 4. The predicted octanol–water partition coefficient (Wildman–Crippen LogP) is 7.23. The van der Waals surface area contributed by atoms with E-state index in [1.807, 2.05) is 0 Å². The molecule has 0 saturated carbocycles. The van der Waals surface area contributed by atoms with Gasteiger partial charge in [0.2, 0.25) is 0 Å². The fraction of sp³-hybridized carbons (Fsp3) is 0.500. The lowest BCUT2D eigenvalue weighted by atomic mass is 9.83. The average Bonchev–Trinajstić information content (AvgIpc) is 2.71. The Morgan fingerprint density at radius 1 is 0.640 bits per heavy atom. The molecule has 0 N–H and O–H groups in total. The molecule has 0 aromatic carbocycles. The van der Waals surface area contributed by atoms with Crippen LogP contribution in [0.3, 0.4) is 0 Å². The first-order chi connectivity index (χ1) is 12.3. The molecule has 4 aliphatic rings. The molecule has 0 aromatic rings. The fourth-order valence-electron chi connectivity index (χ4n) is 4.73. The van der Waals surface area contributed by atoms with Gasteiger partial charge in [-0.05, 0) is 64.2 Å². The Kier molecular flexibility index (Phi) is 5.22. The van der Waals surface area contributed by atoms with E-state index in [1.54, 1.807) is 11.1 Å². The van der Waals surface area contributed by atoms with Crippen molar-refractivity contribution in [3.8, 4) is 0 Å². The molecule has 0 amide bonds. The summed E-state index contributed by atoms with van der Waals surface area (Å²) in [6.07, 6.45) is 36.8. The zero-order valence-electron chi connectivity index (χ0n) is 15.3. The molecule has 0 aliphatic heterocycles. The summed E-state index contributed by atoms with van der Waals surface area (Å²) in [5.74, 6) is 0. The summed E-state index contributed by atoms with van der Waals surface area (Å²) in [6.45, 7) is 0. The van der Waals surface area contributed by atoms with Crippen molar-refractivity contribution < 1.29 is 0 Å². The summed E-state index contributed by atoms with van der Waals surface area (Å²) in [4.78, 5) is 0. The van der Waals surface area contributed by atoms with Crippen LogP contribution in [0.4, 0.5) is 0 Å². The Morgan fingerprint density at radius 2 is 1.16 bits per heavy atom. The molecule has 4 rings (SSSR count). The van der Waals surface area contributed by atoms with Crippen LogP contribution in [0.2, 0.25) is 0 Å². The van der Waals surface area contributed by atoms with Gasteiger partial charge in [-0.1, -0.05) is 71.9 Å². The first-order valence-electron chi connectivity index (χ1n) is 10.1. The van der Waals surface area contributed by atoms with E-state index in [-0.39, 0.29) is 9.49 Å². The van der Waals surface area contributed by atoms with Crippen LogP contribution in [0.5, 0.6) is 0 Å². The van der Waals surface area contributed by atoms with Crippen molar-refractivity contribution in [3.05, 3.63) is 71.9 Å². The second kappa shape index (κ2) is 7.58. The molecule has 2 atom stereocenters. The maximum atomic E-state index is 2.56. The van der Waals surface area contributed by atoms with Crippen LogP contribution in [-0.4, -0.2) is 9.49 Å². The Bertz CT molecular complexity index is 614. The van der Waals surface area contributed by atoms with Gasteiger partial charge in [0.15, 0.2) is 0 Å². The highest BCUT2D eigenvalue weighted by atomic mass is 32.2. The first-order valence-corrected chi connectivity index (χ1v) is 10.9. The van der Waals surface area contributed by atoms with E-state index in [0.29, 0.717) is 0 Å². The van der Waals surface area contributed by atoms with Gasteiger partial charge in [0.05, 0.1) is 9.49 Å². The van der Waals surface area contributed by atoms with Crippen molar-refractivity contribution in [2.24, 2.45) is 0 Å². The van der Waals surface area contributed by atoms with Gasteiger partial charge in [-0.2, -0.15) is 0 Å². The monoisotopic (exact) mass is 350 g/mol.